The number of benzene rings is 1. The summed E-state index contributed by atoms with van der Waals surface area (Å²) in [7, 11) is -3.71. The van der Waals surface area contributed by atoms with Crippen molar-refractivity contribution in [1.29, 1.82) is 0 Å². The molecule has 0 fully saturated rings. The van der Waals surface area contributed by atoms with E-state index in [-0.39, 0.29) is 11.0 Å². The first-order valence-corrected chi connectivity index (χ1v) is 9.33. The summed E-state index contributed by atoms with van der Waals surface area (Å²) < 4.78 is 31.2. The second-order valence-corrected chi connectivity index (χ2v) is 7.75. The quantitative estimate of drug-likeness (QED) is 0.901. The van der Waals surface area contributed by atoms with E-state index in [0.29, 0.717) is 25.0 Å². The minimum Gasteiger partial charge on any atom is -0.446 e. The lowest BCUT2D eigenvalue weighted by molar-refractivity contribution is 0.102. The average molecular weight is 361 g/mol. The molecule has 1 heterocycles. The molecule has 132 valence electrons. The highest BCUT2D eigenvalue weighted by molar-refractivity contribution is 7.89. The summed E-state index contributed by atoms with van der Waals surface area (Å²) in [4.78, 5) is 11.0. The summed E-state index contributed by atoms with van der Waals surface area (Å²) in [5.41, 5.74) is 7.54. The van der Waals surface area contributed by atoms with E-state index < -0.39 is 16.1 Å². The molecule has 25 heavy (non-hydrogen) atoms. The van der Waals surface area contributed by atoms with Crippen molar-refractivity contribution in [2.24, 2.45) is 5.73 Å². The first-order chi connectivity index (χ1) is 11.9. The number of hydrogen-bond acceptors (Lipinski definition) is 5. The first kappa shape index (κ1) is 17.2. The van der Waals surface area contributed by atoms with Crippen LogP contribution in [0.1, 0.15) is 30.5 Å². The van der Waals surface area contributed by atoms with Gasteiger partial charge in [0.2, 0.25) is 0 Å². The molecule has 0 saturated carbocycles. The molecule has 2 aromatic rings. The van der Waals surface area contributed by atoms with Gasteiger partial charge in [0.25, 0.3) is 10.0 Å². The molecule has 0 bridgehead atoms. The van der Waals surface area contributed by atoms with Crippen LogP contribution in [0.25, 0.3) is 5.57 Å². The van der Waals surface area contributed by atoms with Gasteiger partial charge in [-0.25, -0.2) is 4.79 Å². The van der Waals surface area contributed by atoms with Gasteiger partial charge < -0.3 is 10.5 Å². The van der Waals surface area contributed by atoms with E-state index in [1.807, 2.05) is 13.0 Å². The van der Waals surface area contributed by atoms with Crippen LogP contribution in [0, 0.1) is 6.92 Å². The van der Waals surface area contributed by atoms with Crippen LogP contribution in [0.2, 0.25) is 0 Å². The van der Waals surface area contributed by atoms with Crippen LogP contribution in [0.5, 0.6) is 0 Å². The summed E-state index contributed by atoms with van der Waals surface area (Å²) >= 11 is 0. The SMILES string of the molecule is Cc1ccc(S(=O)(=O)n2ccc(C3=CCC(OC(N)=O)CC3)n2)cc1. The highest BCUT2D eigenvalue weighted by atomic mass is 32.2. The normalized spacial score (nSPS) is 17.8. The molecule has 1 atom stereocenters. The lowest BCUT2D eigenvalue weighted by atomic mass is 9.95. The van der Waals surface area contributed by atoms with Crippen LogP contribution in [0.4, 0.5) is 4.79 Å². The molecule has 1 unspecified atom stereocenters. The Morgan fingerprint density at radius 3 is 2.60 bits per heavy atom. The fourth-order valence-corrected chi connectivity index (χ4v) is 3.86. The monoisotopic (exact) mass is 361 g/mol. The lowest BCUT2D eigenvalue weighted by Crippen LogP contribution is -2.24. The Balaban J connectivity index is 1.80. The zero-order valence-corrected chi connectivity index (χ0v) is 14.6. The molecule has 2 N–H and O–H groups in total. The van der Waals surface area contributed by atoms with Crippen molar-refractivity contribution in [3.8, 4) is 0 Å². The van der Waals surface area contributed by atoms with Crippen molar-refractivity contribution in [1.82, 2.24) is 9.19 Å². The van der Waals surface area contributed by atoms with Gasteiger partial charge in [0, 0.05) is 12.6 Å². The molecule has 0 spiro atoms. The molecule has 1 amide bonds. The number of carbonyl (C=O) groups excluding carboxylic acids is 1. The topological polar surface area (TPSA) is 104 Å². The Kier molecular flexibility index (Phi) is 4.63. The number of aryl methyl sites for hydroxylation is 1. The molecule has 7 nitrogen and oxygen atoms in total. The minimum atomic E-state index is -3.71. The molecular formula is C17H19N3O4S. The number of primary amides is 1. The maximum absolute atomic E-state index is 12.6. The van der Waals surface area contributed by atoms with Gasteiger partial charge in [-0.2, -0.15) is 17.6 Å². The first-order valence-electron chi connectivity index (χ1n) is 7.89. The Bertz CT molecular complexity index is 914. The summed E-state index contributed by atoms with van der Waals surface area (Å²) in [6.07, 6.45) is 4.14. The van der Waals surface area contributed by atoms with E-state index in [1.165, 1.54) is 6.20 Å². The van der Waals surface area contributed by atoms with Crippen molar-refractivity contribution in [3.05, 3.63) is 53.9 Å². The van der Waals surface area contributed by atoms with E-state index in [4.69, 9.17) is 10.5 Å². The number of amides is 1. The molecule has 0 radical (unpaired) electrons. The van der Waals surface area contributed by atoms with E-state index in [9.17, 15) is 13.2 Å². The van der Waals surface area contributed by atoms with Crippen LogP contribution >= 0.6 is 0 Å². The van der Waals surface area contributed by atoms with Gasteiger partial charge >= 0.3 is 6.09 Å². The summed E-state index contributed by atoms with van der Waals surface area (Å²) in [6, 6.07) is 8.31. The van der Waals surface area contributed by atoms with Crippen molar-refractivity contribution in [2.75, 3.05) is 0 Å². The van der Waals surface area contributed by atoms with E-state index in [2.05, 4.69) is 5.10 Å². The number of ether oxygens (including phenoxy) is 1. The summed E-state index contributed by atoms with van der Waals surface area (Å²) in [5.74, 6) is 0. The highest BCUT2D eigenvalue weighted by Gasteiger charge is 2.22. The number of aromatic nitrogens is 2. The maximum Gasteiger partial charge on any atom is 0.404 e. The largest absolute Gasteiger partial charge is 0.446 e. The highest BCUT2D eigenvalue weighted by Crippen LogP contribution is 2.28. The molecular weight excluding hydrogens is 342 g/mol. The van der Waals surface area contributed by atoms with Crippen LogP contribution in [-0.4, -0.2) is 29.8 Å². The molecule has 1 aromatic heterocycles. The summed E-state index contributed by atoms with van der Waals surface area (Å²) in [6.45, 7) is 1.90. The van der Waals surface area contributed by atoms with Gasteiger partial charge in [-0.1, -0.05) is 23.8 Å². The lowest BCUT2D eigenvalue weighted by Gasteiger charge is -2.20. The van der Waals surface area contributed by atoms with E-state index in [0.717, 1.165) is 15.2 Å². The predicted molar refractivity (Wildman–Crippen MR) is 92.3 cm³/mol. The van der Waals surface area contributed by atoms with Crippen molar-refractivity contribution >= 4 is 21.7 Å². The van der Waals surface area contributed by atoms with Gasteiger partial charge in [0.15, 0.2) is 0 Å². The van der Waals surface area contributed by atoms with Gasteiger partial charge in [-0.15, -0.1) is 0 Å². The molecule has 1 aliphatic carbocycles. The molecule has 3 rings (SSSR count). The Morgan fingerprint density at radius 2 is 2.00 bits per heavy atom. The molecule has 1 aromatic carbocycles. The average Bonchev–Trinajstić information content (AvgIpc) is 3.06. The maximum atomic E-state index is 12.6. The fourth-order valence-electron chi connectivity index (χ4n) is 2.74. The number of nitrogens with two attached hydrogens (primary N) is 1. The molecule has 1 aliphatic rings. The number of carbonyl (C=O) groups is 1. The fraction of sp³-hybridized carbons (Fsp3) is 0.294. The van der Waals surface area contributed by atoms with Crippen LogP contribution < -0.4 is 5.73 Å². The van der Waals surface area contributed by atoms with Crippen molar-refractivity contribution < 1.29 is 17.9 Å². The molecule has 8 heteroatoms. The second-order valence-electron chi connectivity index (χ2n) is 5.95. The summed E-state index contributed by atoms with van der Waals surface area (Å²) in [5, 5.41) is 4.22. The standard InChI is InChI=1S/C17H19N3O4S/c1-12-2-8-15(9-3-12)25(22,23)20-11-10-16(19-20)13-4-6-14(7-5-13)24-17(18)21/h2-4,8-11,14H,5-7H2,1H3,(H2,18,21). The van der Waals surface area contributed by atoms with Crippen LogP contribution in [-0.2, 0) is 14.8 Å². The number of nitrogens with zero attached hydrogens (tertiary/aromatic N) is 2. The Morgan fingerprint density at radius 1 is 1.28 bits per heavy atom. The molecule has 0 saturated heterocycles. The van der Waals surface area contributed by atoms with Crippen molar-refractivity contribution in [3.63, 3.8) is 0 Å². The second kappa shape index (κ2) is 6.72. The third-order valence-electron chi connectivity index (χ3n) is 4.11. The third-order valence-corrected chi connectivity index (χ3v) is 5.67. The number of allylic oxidation sites excluding steroid dienone is 1. The van der Waals surface area contributed by atoms with Gasteiger partial charge in [0.05, 0.1) is 10.6 Å². The smallest absolute Gasteiger partial charge is 0.404 e. The zero-order valence-electron chi connectivity index (χ0n) is 13.8. The van der Waals surface area contributed by atoms with Crippen molar-refractivity contribution in [2.45, 2.75) is 37.2 Å². The van der Waals surface area contributed by atoms with E-state index >= 15 is 0 Å². The number of hydrogen-bond donors (Lipinski definition) is 1. The predicted octanol–water partition coefficient (Wildman–Crippen LogP) is 2.46. The third kappa shape index (κ3) is 3.74. The van der Waals surface area contributed by atoms with Gasteiger partial charge in [-0.3, -0.25) is 0 Å². The Labute approximate surface area is 146 Å². The number of rotatable bonds is 4. The van der Waals surface area contributed by atoms with Gasteiger partial charge in [-0.05, 0) is 43.5 Å². The van der Waals surface area contributed by atoms with Gasteiger partial charge in [0.1, 0.15) is 6.10 Å². The van der Waals surface area contributed by atoms with Crippen LogP contribution in [0.3, 0.4) is 0 Å². The zero-order chi connectivity index (χ0) is 18.0. The Hall–Kier alpha value is -2.61. The molecule has 0 aliphatic heterocycles. The van der Waals surface area contributed by atoms with E-state index in [1.54, 1.807) is 30.3 Å². The van der Waals surface area contributed by atoms with Crippen LogP contribution in [0.15, 0.2) is 47.5 Å². The minimum absolute atomic E-state index is 0.195.